The van der Waals surface area contributed by atoms with Crippen molar-refractivity contribution >= 4 is 5.97 Å². The highest BCUT2D eigenvalue weighted by molar-refractivity contribution is 5.75. The van der Waals surface area contributed by atoms with Gasteiger partial charge in [0, 0.05) is 6.42 Å². The molecule has 0 radical (unpaired) electrons. The van der Waals surface area contributed by atoms with Crippen molar-refractivity contribution in [3.8, 4) is 0 Å². The zero-order valence-electron chi connectivity index (χ0n) is 9.36. The standard InChI is InChI=1S/C11H17NO3/c1-4-5-9-12-6-8(15-9)10(7(2)3)11(13)14/h6-7,10H,4-5H2,1-3H3,(H,13,14). The van der Waals surface area contributed by atoms with E-state index in [1.165, 1.54) is 6.20 Å². The highest BCUT2D eigenvalue weighted by Gasteiger charge is 2.27. The Kier molecular flexibility index (Phi) is 3.88. The number of carbonyl (C=O) groups is 1. The van der Waals surface area contributed by atoms with Gasteiger partial charge in [0.05, 0.1) is 6.20 Å². The summed E-state index contributed by atoms with van der Waals surface area (Å²) in [5, 5.41) is 9.05. The van der Waals surface area contributed by atoms with Crippen LogP contribution in [0.2, 0.25) is 0 Å². The van der Waals surface area contributed by atoms with Crippen molar-refractivity contribution in [2.45, 2.75) is 39.5 Å². The van der Waals surface area contributed by atoms with Crippen LogP contribution in [0.1, 0.15) is 44.8 Å². The fourth-order valence-corrected chi connectivity index (χ4v) is 1.53. The lowest BCUT2D eigenvalue weighted by molar-refractivity contribution is -0.140. The van der Waals surface area contributed by atoms with E-state index in [2.05, 4.69) is 4.98 Å². The highest BCUT2D eigenvalue weighted by Crippen LogP contribution is 2.25. The van der Waals surface area contributed by atoms with Crippen molar-refractivity contribution in [2.24, 2.45) is 5.92 Å². The number of nitrogens with zero attached hydrogens (tertiary/aromatic N) is 1. The van der Waals surface area contributed by atoms with Crippen LogP contribution in [0, 0.1) is 5.92 Å². The maximum Gasteiger partial charge on any atom is 0.314 e. The molecule has 4 heteroatoms. The molecule has 1 heterocycles. The zero-order chi connectivity index (χ0) is 11.4. The van der Waals surface area contributed by atoms with Gasteiger partial charge in [-0.1, -0.05) is 20.8 Å². The van der Waals surface area contributed by atoms with E-state index in [1.807, 2.05) is 20.8 Å². The van der Waals surface area contributed by atoms with Gasteiger partial charge in [0.15, 0.2) is 5.89 Å². The van der Waals surface area contributed by atoms with Gasteiger partial charge in [-0.05, 0) is 12.3 Å². The summed E-state index contributed by atoms with van der Waals surface area (Å²) in [5.74, 6) is -0.363. The second-order valence-corrected chi connectivity index (χ2v) is 3.97. The molecule has 1 rings (SSSR count). The van der Waals surface area contributed by atoms with Crippen LogP contribution >= 0.6 is 0 Å². The van der Waals surface area contributed by atoms with Gasteiger partial charge in [-0.15, -0.1) is 0 Å². The zero-order valence-corrected chi connectivity index (χ0v) is 9.36. The number of aromatic nitrogens is 1. The van der Waals surface area contributed by atoms with Crippen LogP contribution in [-0.2, 0) is 11.2 Å². The molecule has 1 atom stereocenters. The average molecular weight is 211 g/mol. The molecule has 0 aliphatic rings. The molecule has 0 fully saturated rings. The van der Waals surface area contributed by atoms with Crippen LogP contribution in [0.4, 0.5) is 0 Å². The van der Waals surface area contributed by atoms with Crippen LogP contribution in [0.25, 0.3) is 0 Å². The van der Waals surface area contributed by atoms with Gasteiger partial charge in [-0.3, -0.25) is 4.79 Å². The Labute approximate surface area is 89.3 Å². The first-order valence-electron chi connectivity index (χ1n) is 5.23. The minimum absolute atomic E-state index is 0.00456. The number of rotatable bonds is 5. The summed E-state index contributed by atoms with van der Waals surface area (Å²) in [6.45, 7) is 5.75. The van der Waals surface area contributed by atoms with Crippen molar-refractivity contribution < 1.29 is 14.3 Å². The third kappa shape index (κ3) is 2.81. The summed E-state index contributed by atoms with van der Waals surface area (Å²) in [6, 6.07) is 0. The average Bonchev–Trinajstić information content (AvgIpc) is 2.52. The largest absolute Gasteiger partial charge is 0.481 e. The number of carboxylic acid groups (broad SMARTS) is 1. The molecule has 15 heavy (non-hydrogen) atoms. The monoisotopic (exact) mass is 211 g/mol. The van der Waals surface area contributed by atoms with E-state index < -0.39 is 11.9 Å². The lowest BCUT2D eigenvalue weighted by Gasteiger charge is -2.12. The first-order chi connectivity index (χ1) is 7.06. The van der Waals surface area contributed by atoms with Crippen LogP contribution in [-0.4, -0.2) is 16.1 Å². The van der Waals surface area contributed by atoms with Crippen molar-refractivity contribution in [3.05, 3.63) is 17.8 Å². The Morgan fingerprint density at radius 3 is 2.73 bits per heavy atom. The predicted molar refractivity (Wildman–Crippen MR) is 55.7 cm³/mol. The third-order valence-corrected chi connectivity index (χ3v) is 2.27. The fourth-order valence-electron chi connectivity index (χ4n) is 1.53. The molecule has 1 aromatic heterocycles. The minimum atomic E-state index is -0.857. The topological polar surface area (TPSA) is 63.3 Å². The van der Waals surface area contributed by atoms with Crippen molar-refractivity contribution in [1.82, 2.24) is 4.98 Å². The Morgan fingerprint density at radius 1 is 1.60 bits per heavy atom. The smallest absolute Gasteiger partial charge is 0.314 e. The Hall–Kier alpha value is -1.32. The Morgan fingerprint density at radius 2 is 2.27 bits per heavy atom. The second-order valence-electron chi connectivity index (χ2n) is 3.97. The molecule has 0 saturated heterocycles. The third-order valence-electron chi connectivity index (χ3n) is 2.27. The molecule has 0 aromatic carbocycles. The van der Waals surface area contributed by atoms with Gasteiger partial charge >= 0.3 is 5.97 Å². The summed E-state index contributed by atoms with van der Waals surface area (Å²) in [6.07, 6.45) is 3.23. The molecule has 0 aliphatic carbocycles. The molecule has 1 aromatic rings. The van der Waals surface area contributed by atoms with E-state index in [4.69, 9.17) is 9.52 Å². The van der Waals surface area contributed by atoms with E-state index in [0.717, 1.165) is 12.8 Å². The quantitative estimate of drug-likeness (QED) is 0.812. The van der Waals surface area contributed by atoms with Gasteiger partial charge in [0.2, 0.25) is 0 Å². The van der Waals surface area contributed by atoms with Gasteiger partial charge in [0.1, 0.15) is 11.7 Å². The van der Waals surface area contributed by atoms with Gasteiger partial charge in [-0.2, -0.15) is 0 Å². The maximum atomic E-state index is 11.0. The number of aryl methyl sites for hydroxylation is 1. The summed E-state index contributed by atoms with van der Waals surface area (Å²) in [7, 11) is 0. The molecule has 0 bridgehead atoms. The molecule has 0 aliphatic heterocycles. The van der Waals surface area contributed by atoms with Gasteiger partial charge in [-0.25, -0.2) is 4.98 Å². The van der Waals surface area contributed by atoms with Gasteiger partial charge < -0.3 is 9.52 Å². The van der Waals surface area contributed by atoms with Crippen LogP contribution in [0.15, 0.2) is 10.6 Å². The number of hydrogen-bond donors (Lipinski definition) is 1. The van der Waals surface area contributed by atoms with E-state index in [9.17, 15) is 4.79 Å². The van der Waals surface area contributed by atoms with Crippen molar-refractivity contribution in [2.75, 3.05) is 0 Å². The number of carboxylic acids is 1. The first-order valence-corrected chi connectivity index (χ1v) is 5.23. The second kappa shape index (κ2) is 4.96. The summed E-state index contributed by atoms with van der Waals surface area (Å²) in [4.78, 5) is 15.1. The summed E-state index contributed by atoms with van der Waals surface area (Å²) in [5.41, 5.74) is 0. The van der Waals surface area contributed by atoms with Gasteiger partial charge in [0.25, 0.3) is 0 Å². The fraction of sp³-hybridized carbons (Fsp3) is 0.636. The summed E-state index contributed by atoms with van der Waals surface area (Å²) >= 11 is 0. The predicted octanol–water partition coefficient (Wildman–Crippen LogP) is 2.45. The molecular formula is C11H17NO3. The molecule has 1 N–H and O–H groups in total. The molecule has 84 valence electrons. The Bertz CT molecular complexity index is 330. The van der Waals surface area contributed by atoms with E-state index in [0.29, 0.717) is 11.7 Å². The van der Waals surface area contributed by atoms with E-state index in [-0.39, 0.29) is 5.92 Å². The first kappa shape index (κ1) is 11.8. The lowest BCUT2D eigenvalue weighted by Crippen LogP contribution is -2.16. The van der Waals surface area contributed by atoms with Crippen molar-refractivity contribution in [1.29, 1.82) is 0 Å². The molecule has 0 saturated carbocycles. The van der Waals surface area contributed by atoms with Crippen LogP contribution in [0.3, 0.4) is 0 Å². The minimum Gasteiger partial charge on any atom is -0.481 e. The molecular weight excluding hydrogens is 194 g/mol. The molecule has 0 spiro atoms. The number of aliphatic carboxylic acids is 1. The number of hydrogen-bond acceptors (Lipinski definition) is 3. The highest BCUT2D eigenvalue weighted by atomic mass is 16.4. The SMILES string of the molecule is CCCc1ncc(C(C(=O)O)C(C)C)o1. The van der Waals surface area contributed by atoms with E-state index in [1.54, 1.807) is 0 Å². The van der Waals surface area contributed by atoms with Crippen molar-refractivity contribution in [3.63, 3.8) is 0 Å². The van der Waals surface area contributed by atoms with Crippen LogP contribution in [0.5, 0.6) is 0 Å². The maximum absolute atomic E-state index is 11.0. The molecule has 0 amide bonds. The van der Waals surface area contributed by atoms with Crippen LogP contribution < -0.4 is 0 Å². The summed E-state index contributed by atoms with van der Waals surface area (Å²) < 4.78 is 5.42. The normalized spacial score (nSPS) is 13.1. The molecule has 4 nitrogen and oxygen atoms in total. The van der Waals surface area contributed by atoms with E-state index >= 15 is 0 Å². The number of oxazole rings is 1. The lowest BCUT2D eigenvalue weighted by atomic mass is 9.94. The Balaban J connectivity index is 2.87. The molecule has 1 unspecified atom stereocenters.